The van der Waals surface area contributed by atoms with Gasteiger partial charge >= 0.3 is 0 Å². The number of fused-ring (bicyclic) bond motifs is 1. The fraction of sp³-hybridized carbons (Fsp3) is 0.500. The molecule has 2 aliphatic rings. The molecule has 6 heteroatoms. The summed E-state index contributed by atoms with van der Waals surface area (Å²) in [6.07, 6.45) is 5.49. The molecular formula is C20H24N2O4. The summed E-state index contributed by atoms with van der Waals surface area (Å²) in [5.41, 5.74) is 1.12. The molecule has 138 valence electrons. The Morgan fingerprint density at radius 2 is 2.12 bits per heavy atom. The average Bonchev–Trinajstić information content (AvgIpc) is 3.27. The average molecular weight is 356 g/mol. The van der Waals surface area contributed by atoms with E-state index < -0.39 is 0 Å². The van der Waals surface area contributed by atoms with Crippen LogP contribution in [0.15, 0.2) is 41.1 Å². The second-order valence-corrected chi connectivity index (χ2v) is 7.09. The van der Waals surface area contributed by atoms with Gasteiger partial charge in [-0.25, -0.2) is 0 Å². The summed E-state index contributed by atoms with van der Waals surface area (Å²) in [6, 6.07) is 7.62. The Balaban J connectivity index is 1.34. The summed E-state index contributed by atoms with van der Waals surface area (Å²) in [4.78, 5) is 18.7. The van der Waals surface area contributed by atoms with Gasteiger partial charge in [0, 0.05) is 18.9 Å². The van der Waals surface area contributed by atoms with Gasteiger partial charge in [-0.2, -0.15) is 0 Å². The van der Waals surface area contributed by atoms with Crippen LogP contribution in [-0.2, 0) is 16.1 Å². The molecule has 0 N–H and O–H groups in total. The monoisotopic (exact) mass is 356 g/mol. The van der Waals surface area contributed by atoms with Crippen LogP contribution in [0.3, 0.4) is 0 Å². The quantitative estimate of drug-likeness (QED) is 0.824. The highest BCUT2D eigenvalue weighted by molar-refractivity contribution is 5.92. The van der Waals surface area contributed by atoms with Crippen molar-refractivity contribution in [3.8, 4) is 0 Å². The van der Waals surface area contributed by atoms with E-state index in [0.29, 0.717) is 38.0 Å². The van der Waals surface area contributed by atoms with Gasteiger partial charge in [-0.15, -0.1) is 0 Å². The molecular weight excluding hydrogens is 332 g/mol. The van der Waals surface area contributed by atoms with E-state index in [1.807, 2.05) is 30.0 Å². The molecule has 2 fully saturated rings. The summed E-state index contributed by atoms with van der Waals surface area (Å²) >= 11 is 0. The summed E-state index contributed by atoms with van der Waals surface area (Å²) in [5.74, 6) is 1.54. The van der Waals surface area contributed by atoms with Gasteiger partial charge in [-0.05, 0) is 55.5 Å². The second-order valence-electron chi connectivity index (χ2n) is 7.09. The Bertz CT molecular complexity index is 745. The first-order valence-electron chi connectivity index (χ1n) is 9.16. The van der Waals surface area contributed by atoms with E-state index >= 15 is 0 Å². The maximum atomic E-state index is 12.8. The van der Waals surface area contributed by atoms with Crippen molar-refractivity contribution in [2.75, 3.05) is 19.8 Å². The first-order valence-corrected chi connectivity index (χ1v) is 9.16. The highest BCUT2D eigenvalue weighted by Crippen LogP contribution is 2.35. The molecule has 4 rings (SSSR count). The fourth-order valence-corrected chi connectivity index (χ4v) is 3.95. The van der Waals surface area contributed by atoms with Gasteiger partial charge in [0.05, 0.1) is 32.0 Å². The molecule has 0 spiro atoms. The number of carbonyl (C=O) groups excluding carboxylic acids is 1. The van der Waals surface area contributed by atoms with Gasteiger partial charge in [-0.1, -0.05) is 0 Å². The van der Waals surface area contributed by atoms with E-state index in [-0.39, 0.29) is 18.1 Å². The summed E-state index contributed by atoms with van der Waals surface area (Å²) in [5, 5.41) is 0. The van der Waals surface area contributed by atoms with Crippen molar-refractivity contribution in [1.82, 2.24) is 9.88 Å². The normalized spacial score (nSPS) is 25.3. The van der Waals surface area contributed by atoms with Gasteiger partial charge < -0.3 is 18.8 Å². The first-order chi connectivity index (χ1) is 12.7. The zero-order valence-corrected chi connectivity index (χ0v) is 15.0. The molecule has 2 aromatic rings. The molecule has 3 atom stereocenters. The molecule has 6 nitrogen and oxygen atoms in total. The number of furan rings is 1. The van der Waals surface area contributed by atoms with E-state index in [0.717, 1.165) is 24.2 Å². The van der Waals surface area contributed by atoms with E-state index in [4.69, 9.17) is 13.9 Å². The predicted octanol–water partition coefficient (Wildman–Crippen LogP) is 2.82. The van der Waals surface area contributed by atoms with Crippen LogP contribution < -0.4 is 0 Å². The number of nitrogens with zero attached hydrogens (tertiary/aromatic N) is 2. The second kappa shape index (κ2) is 7.60. The van der Waals surface area contributed by atoms with Crippen LogP contribution in [0.2, 0.25) is 0 Å². The van der Waals surface area contributed by atoms with Crippen molar-refractivity contribution in [1.29, 1.82) is 0 Å². The molecule has 1 saturated carbocycles. The number of aryl methyl sites for hydroxylation is 1. The van der Waals surface area contributed by atoms with Crippen LogP contribution in [0.4, 0.5) is 0 Å². The van der Waals surface area contributed by atoms with E-state index in [9.17, 15) is 4.79 Å². The molecule has 2 aromatic heterocycles. The molecule has 0 unspecified atom stereocenters. The first kappa shape index (κ1) is 17.2. The van der Waals surface area contributed by atoms with Crippen molar-refractivity contribution in [2.45, 2.75) is 38.5 Å². The number of rotatable bonds is 5. The van der Waals surface area contributed by atoms with E-state index in [1.165, 1.54) is 0 Å². The van der Waals surface area contributed by atoms with E-state index in [1.54, 1.807) is 18.5 Å². The minimum Gasteiger partial charge on any atom is -0.456 e. The van der Waals surface area contributed by atoms with Crippen molar-refractivity contribution in [3.63, 3.8) is 0 Å². The summed E-state index contributed by atoms with van der Waals surface area (Å²) in [7, 11) is 0. The van der Waals surface area contributed by atoms with Crippen molar-refractivity contribution in [2.24, 2.45) is 5.92 Å². The lowest BCUT2D eigenvalue weighted by atomic mass is 10.1. The SMILES string of the molecule is Cc1ccc(C(=O)N2CCO[C@@H]3C[C@H](COCc4ccncc4)C[C@H]32)o1. The zero-order chi connectivity index (χ0) is 17.9. The molecule has 1 amide bonds. The van der Waals surface area contributed by atoms with Gasteiger partial charge in [0.1, 0.15) is 5.76 Å². The van der Waals surface area contributed by atoms with Gasteiger partial charge in [0.2, 0.25) is 0 Å². The highest BCUT2D eigenvalue weighted by atomic mass is 16.5. The minimum atomic E-state index is -0.0326. The van der Waals surface area contributed by atoms with Crippen LogP contribution in [0, 0.1) is 12.8 Å². The Hall–Kier alpha value is -2.18. The lowest BCUT2D eigenvalue weighted by Crippen LogP contribution is -2.51. The predicted molar refractivity (Wildman–Crippen MR) is 94.6 cm³/mol. The lowest BCUT2D eigenvalue weighted by molar-refractivity contribution is -0.0459. The Kier molecular flexibility index (Phi) is 5.04. The van der Waals surface area contributed by atoms with Gasteiger partial charge in [-0.3, -0.25) is 9.78 Å². The number of hydrogen-bond donors (Lipinski definition) is 0. The Morgan fingerprint density at radius 1 is 1.27 bits per heavy atom. The minimum absolute atomic E-state index is 0.0326. The molecule has 3 heterocycles. The third kappa shape index (κ3) is 3.66. The molecule has 1 aliphatic carbocycles. The highest BCUT2D eigenvalue weighted by Gasteiger charge is 2.43. The van der Waals surface area contributed by atoms with Crippen LogP contribution in [0.5, 0.6) is 0 Å². The molecule has 26 heavy (non-hydrogen) atoms. The van der Waals surface area contributed by atoms with E-state index in [2.05, 4.69) is 4.98 Å². The fourth-order valence-electron chi connectivity index (χ4n) is 3.95. The summed E-state index contributed by atoms with van der Waals surface area (Å²) in [6.45, 7) is 4.32. The van der Waals surface area contributed by atoms with Gasteiger partial charge in [0.25, 0.3) is 5.91 Å². The topological polar surface area (TPSA) is 64.8 Å². The Labute approximate surface area is 153 Å². The molecule has 1 aliphatic heterocycles. The Morgan fingerprint density at radius 3 is 2.88 bits per heavy atom. The largest absolute Gasteiger partial charge is 0.456 e. The van der Waals surface area contributed by atoms with Crippen molar-refractivity contribution in [3.05, 3.63) is 53.7 Å². The number of hydrogen-bond acceptors (Lipinski definition) is 5. The molecule has 0 radical (unpaired) electrons. The lowest BCUT2D eigenvalue weighted by Gasteiger charge is -2.37. The van der Waals surface area contributed by atoms with Crippen LogP contribution in [0.25, 0.3) is 0 Å². The molecule has 0 bridgehead atoms. The summed E-state index contributed by atoms with van der Waals surface area (Å²) < 4.78 is 17.3. The third-order valence-corrected chi connectivity index (χ3v) is 5.22. The van der Waals surface area contributed by atoms with Crippen LogP contribution >= 0.6 is 0 Å². The number of aromatic nitrogens is 1. The maximum absolute atomic E-state index is 12.8. The maximum Gasteiger partial charge on any atom is 0.289 e. The third-order valence-electron chi connectivity index (χ3n) is 5.22. The van der Waals surface area contributed by atoms with Crippen LogP contribution in [-0.4, -0.2) is 47.7 Å². The molecule has 0 aromatic carbocycles. The zero-order valence-electron chi connectivity index (χ0n) is 15.0. The van der Waals surface area contributed by atoms with Crippen molar-refractivity contribution >= 4 is 5.91 Å². The van der Waals surface area contributed by atoms with Gasteiger partial charge in [0.15, 0.2) is 5.76 Å². The number of carbonyl (C=O) groups is 1. The number of pyridine rings is 1. The number of ether oxygens (including phenoxy) is 2. The number of morpholine rings is 1. The van der Waals surface area contributed by atoms with Crippen molar-refractivity contribution < 1.29 is 18.7 Å². The smallest absolute Gasteiger partial charge is 0.289 e. The number of amides is 1. The van der Waals surface area contributed by atoms with Crippen LogP contribution in [0.1, 0.15) is 34.7 Å². The molecule has 1 saturated heterocycles. The standard InChI is InChI=1S/C20H24N2O4/c1-14-2-3-18(26-14)20(23)22-8-9-25-19-11-16(10-17(19)22)13-24-12-15-4-6-21-7-5-15/h2-7,16-17,19H,8-13H2,1H3/t16-,17-,19-/m1/s1.